The average molecular weight is 385 g/mol. The third-order valence-corrected chi connectivity index (χ3v) is 5.29. The van der Waals surface area contributed by atoms with E-state index >= 15 is 0 Å². The third-order valence-electron chi connectivity index (χ3n) is 4.31. The molecule has 9 heteroatoms. The Kier molecular flexibility index (Phi) is 4.36. The highest BCUT2D eigenvalue weighted by atomic mass is 32.1. The van der Waals surface area contributed by atoms with E-state index in [0.717, 1.165) is 39.4 Å². The minimum Gasteiger partial charge on any atom is -0.361 e. The zero-order valence-electron chi connectivity index (χ0n) is 14.0. The lowest BCUT2D eigenvalue weighted by molar-refractivity contribution is -0.221. The molecule has 0 saturated heterocycles. The molecule has 0 atom stereocenters. The van der Waals surface area contributed by atoms with Crippen molar-refractivity contribution in [3.8, 4) is 0 Å². The van der Waals surface area contributed by atoms with Crippen molar-refractivity contribution in [1.29, 1.82) is 0 Å². The Morgan fingerprint density at radius 2 is 2.00 bits per heavy atom. The van der Waals surface area contributed by atoms with Crippen LogP contribution in [-0.4, -0.2) is 10.8 Å². The molecule has 0 aliphatic heterocycles. The number of benzene rings is 1. The monoisotopic (exact) mass is 385 g/mol. The van der Waals surface area contributed by atoms with Gasteiger partial charge in [-0.25, -0.2) is 13.8 Å². The molecule has 3 aromatic rings. The Balaban J connectivity index is 1.82. The summed E-state index contributed by atoms with van der Waals surface area (Å²) >= 11 is 1.60. The maximum absolute atomic E-state index is 13.5. The first-order chi connectivity index (χ1) is 13.0. The Morgan fingerprint density at radius 3 is 2.74 bits per heavy atom. The Morgan fingerprint density at radius 1 is 1.22 bits per heavy atom. The van der Waals surface area contributed by atoms with Gasteiger partial charge in [0.05, 0.1) is 10.8 Å². The van der Waals surface area contributed by atoms with Crippen molar-refractivity contribution < 1.29 is 14.3 Å². The van der Waals surface area contributed by atoms with Gasteiger partial charge < -0.3 is 11.1 Å². The number of hydrogen-bond donors (Lipinski definition) is 3. The van der Waals surface area contributed by atoms with E-state index < -0.39 is 11.6 Å². The highest BCUT2D eigenvalue weighted by Crippen LogP contribution is 2.37. The number of anilines is 2. The van der Waals surface area contributed by atoms with E-state index in [1.807, 2.05) is 17.5 Å². The third kappa shape index (κ3) is 3.28. The number of fused-ring (bicyclic) bond motifs is 3. The largest absolute Gasteiger partial charge is 0.361 e. The second-order valence-corrected chi connectivity index (χ2v) is 6.96. The number of pyridine rings is 1. The first kappa shape index (κ1) is 17.2. The number of aryl methyl sites for hydroxylation is 1. The SMILES string of the molecule is NC(=NN=[NH2+])C1=Cc2nc(Nc3cc(F)cc(F)c3)c3ccsc3c2CC1. The Hall–Kier alpha value is -3.20. The summed E-state index contributed by atoms with van der Waals surface area (Å²) in [5.74, 6) is -0.549. The molecule has 1 aromatic carbocycles. The minimum absolute atomic E-state index is 0.248. The summed E-state index contributed by atoms with van der Waals surface area (Å²) in [6, 6.07) is 5.20. The number of nitrogens with zero attached hydrogens (tertiary/aromatic N) is 3. The highest BCUT2D eigenvalue weighted by Gasteiger charge is 2.21. The fourth-order valence-corrected chi connectivity index (χ4v) is 4.12. The lowest BCUT2D eigenvalue weighted by atomic mass is 9.94. The first-order valence-corrected chi connectivity index (χ1v) is 9.00. The van der Waals surface area contributed by atoms with Crippen molar-refractivity contribution >= 4 is 44.8 Å². The molecule has 0 spiro atoms. The van der Waals surface area contributed by atoms with Crippen molar-refractivity contribution in [3.63, 3.8) is 0 Å². The molecule has 1 aliphatic rings. The smallest absolute Gasteiger partial charge is 0.269 e. The molecule has 2 aromatic heterocycles. The van der Waals surface area contributed by atoms with Crippen LogP contribution in [0.5, 0.6) is 0 Å². The van der Waals surface area contributed by atoms with Gasteiger partial charge in [0.2, 0.25) is 0 Å². The van der Waals surface area contributed by atoms with E-state index in [9.17, 15) is 8.78 Å². The molecule has 1 aliphatic carbocycles. The van der Waals surface area contributed by atoms with Crippen molar-refractivity contribution in [2.45, 2.75) is 12.8 Å². The summed E-state index contributed by atoms with van der Waals surface area (Å²) in [6.45, 7) is 0. The van der Waals surface area contributed by atoms with Crippen LogP contribution in [0.1, 0.15) is 17.7 Å². The Bertz CT molecular complexity index is 1100. The van der Waals surface area contributed by atoms with Gasteiger partial charge in [-0.05, 0) is 48.1 Å². The molecule has 6 nitrogen and oxygen atoms in total. The van der Waals surface area contributed by atoms with Crippen LogP contribution >= 0.6 is 11.3 Å². The summed E-state index contributed by atoms with van der Waals surface area (Å²) < 4.78 is 28.1. The van der Waals surface area contributed by atoms with Crippen LogP contribution in [0.15, 0.2) is 45.5 Å². The maximum Gasteiger partial charge on any atom is 0.269 e. The molecule has 27 heavy (non-hydrogen) atoms. The van der Waals surface area contributed by atoms with Crippen molar-refractivity contribution in [1.82, 2.24) is 4.98 Å². The molecule has 0 fully saturated rings. The topological polar surface area (TPSA) is 101 Å². The van der Waals surface area contributed by atoms with Crippen LogP contribution in [0, 0.1) is 11.6 Å². The number of thiophene rings is 1. The zero-order chi connectivity index (χ0) is 19.0. The van der Waals surface area contributed by atoms with Gasteiger partial charge >= 0.3 is 0 Å². The molecule has 5 N–H and O–H groups in total. The number of nitrogens with two attached hydrogens (primary N) is 2. The molecule has 2 heterocycles. The van der Waals surface area contributed by atoms with Gasteiger partial charge in [-0.15, -0.1) is 11.3 Å². The average Bonchev–Trinajstić information content (AvgIpc) is 3.11. The minimum atomic E-state index is -0.659. The number of hydrogen-bond acceptors (Lipinski definition) is 4. The zero-order valence-corrected chi connectivity index (χ0v) is 14.9. The van der Waals surface area contributed by atoms with Gasteiger partial charge in [0.1, 0.15) is 22.7 Å². The normalized spacial score (nSPS) is 14.0. The van der Waals surface area contributed by atoms with E-state index in [2.05, 4.69) is 20.6 Å². The number of halogens is 2. The molecule has 0 amide bonds. The maximum atomic E-state index is 13.5. The summed E-state index contributed by atoms with van der Waals surface area (Å²) in [6.07, 6.45) is 3.30. The first-order valence-electron chi connectivity index (χ1n) is 8.12. The van der Waals surface area contributed by atoms with Crippen LogP contribution in [0.4, 0.5) is 20.3 Å². The quantitative estimate of drug-likeness (QED) is 0.278. The van der Waals surface area contributed by atoms with Crippen molar-refractivity contribution in [3.05, 3.63) is 58.1 Å². The lowest BCUT2D eigenvalue weighted by Gasteiger charge is -2.17. The van der Waals surface area contributed by atoms with Crippen LogP contribution < -0.4 is 16.6 Å². The summed E-state index contributed by atoms with van der Waals surface area (Å²) in [5.41, 5.74) is 13.9. The van der Waals surface area contributed by atoms with Crippen LogP contribution in [-0.2, 0) is 6.42 Å². The van der Waals surface area contributed by atoms with Crippen molar-refractivity contribution in [2.75, 3.05) is 5.32 Å². The van der Waals surface area contributed by atoms with Crippen LogP contribution in [0.3, 0.4) is 0 Å². The number of aromatic nitrogens is 1. The molecule has 0 saturated carbocycles. The number of amidine groups is 1. The fourth-order valence-electron chi connectivity index (χ4n) is 3.14. The van der Waals surface area contributed by atoms with Crippen molar-refractivity contribution in [2.24, 2.45) is 16.1 Å². The Labute approximate surface area is 156 Å². The van der Waals surface area contributed by atoms with Gasteiger partial charge in [0.25, 0.3) is 5.84 Å². The molecular weight excluding hydrogens is 370 g/mol. The van der Waals surface area contributed by atoms with Crippen LogP contribution in [0.25, 0.3) is 16.2 Å². The summed E-state index contributed by atoms with van der Waals surface area (Å²) in [5, 5.41) is 12.8. The van der Waals surface area contributed by atoms with Gasteiger partial charge in [-0.3, -0.25) is 0 Å². The van der Waals surface area contributed by atoms with Gasteiger partial charge in [-0.1, -0.05) is 0 Å². The number of rotatable bonds is 4. The van der Waals surface area contributed by atoms with Gasteiger partial charge in [-0.2, -0.15) is 5.53 Å². The predicted molar refractivity (Wildman–Crippen MR) is 102 cm³/mol. The molecule has 0 bridgehead atoms. The van der Waals surface area contributed by atoms with E-state index in [-0.39, 0.29) is 11.5 Å². The fraction of sp³-hybridized carbons (Fsp3) is 0.111. The van der Waals surface area contributed by atoms with E-state index in [1.165, 1.54) is 12.1 Å². The van der Waals surface area contributed by atoms with E-state index in [1.54, 1.807) is 11.3 Å². The van der Waals surface area contributed by atoms with Crippen LogP contribution in [0.2, 0.25) is 0 Å². The van der Waals surface area contributed by atoms with Gasteiger partial charge in [0, 0.05) is 27.4 Å². The predicted octanol–water partition coefficient (Wildman–Crippen LogP) is 3.13. The van der Waals surface area contributed by atoms with E-state index in [0.29, 0.717) is 12.2 Å². The highest BCUT2D eigenvalue weighted by molar-refractivity contribution is 7.17. The lowest BCUT2D eigenvalue weighted by Crippen LogP contribution is -2.24. The second-order valence-electron chi connectivity index (χ2n) is 6.04. The molecular formula is C18H15F2N6S+. The molecule has 0 radical (unpaired) electrons. The molecule has 136 valence electrons. The summed E-state index contributed by atoms with van der Waals surface area (Å²) in [7, 11) is 0. The van der Waals surface area contributed by atoms with Gasteiger partial charge in [0.15, 0.2) is 0 Å². The summed E-state index contributed by atoms with van der Waals surface area (Å²) in [4.78, 5) is 4.66. The standard InChI is InChI=1S/C18H14F2N6S/c19-10-6-11(20)8-12(7-10)23-18-14-3-4-27-16(14)13-2-1-9(5-15(13)24-18)17(21)25-26-22/h3-8H,1-2H2,(H,23,24)(H3,21,22,25)/p+1. The van der Waals surface area contributed by atoms with E-state index in [4.69, 9.17) is 11.3 Å². The number of nitrogens with one attached hydrogen (secondary N) is 1. The molecule has 0 unspecified atom stereocenters. The molecule has 4 rings (SSSR count). The second kappa shape index (κ2) is 6.84.